The van der Waals surface area contributed by atoms with Crippen LogP contribution in [0.5, 0.6) is 11.5 Å². The van der Waals surface area contributed by atoms with E-state index in [9.17, 15) is 0 Å². The number of rotatable bonds is 5. The molecule has 1 fully saturated rings. The fraction of sp³-hybridized carbons (Fsp3) is 0.520. The van der Waals surface area contributed by atoms with Crippen molar-refractivity contribution in [2.75, 3.05) is 39.8 Å². The highest BCUT2D eigenvalue weighted by Gasteiger charge is 2.45. The van der Waals surface area contributed by atoms with Crippen LogP contribution in [0.2, 0.25) is 0 Å². The second kappa shape index (κ2) is 8.22. The minimum atomic E-state index is -0.385. The Balaban J connectivity index is 1.37. The highest BCUT2D eigenvalue weighted by Crippen LogP contribution is 2.46. The molecule has 2 unspecified atom stereocenters. The quantitative estimate of drug-likeness (QED) is 0.818. The van der Waals surface area contributed by atoms with E-state index < -0.39 is 0 Å². The molecule has 2 heterocycles. The van der Waals surface area contributed by atoms with Crippen LogP contribution in [0.3, 0.4) is 0 Å². The summed E-state index contributed by atoms with van der Waals surface area (Å²) in [4.78, 5) is 5.02. The summed E-state index contributed by atoms with van der Waals surface area (Å²) >= 11 is 0. The van der Waals surface area contributed by atoms with Gasteiger partial charge in [0.25, 0.3) is 0 Å². The first-order chi connectivity index (χ1) is 14.3. The number of methoxy groups -OCH3 is 1. The van der Waals surface area contributed by atoms with Crippen molar-refractivity contribution in [1.82, 2.24) is 9.80 Å². The van der Waals surface area contributed by atoms with Crippen molar-refractivity contribution in [2.45, 2.75) is 45.9 Å². The lowest BCUT2D eigenvalue weighted by Gasteiger charge is -2.40. The first-order valence-corrected chi connectivity index (χ1v) is 10.9. The SMILES string of the molecule is COc1ccc(CN2CCN(CC3(C)Oc4c(C)c(C)cc(C)c4C3N)CC2)cc1. The maximum absolute atomic E-state index is 6.74. The van der Waals surface area contributed by atoms with E-state index in [4.69, 9.17) is 15.2 Å². The molecular formula is C25H35N3O2. The second-order valence-electron chi connectivity index (χ2n) is 9.17. The number of ether oxygens (including phenoxy) is 2. The van der Waals surface area contributed by atoms with E-state index in [0.29, 0.717) is 0 Å². The van der Waals surface area contributed by atoms with E-state index in [1.54, 1.807) is 7.11 Å². The van der Waals surface area contributed by atoms with Crippen molar-refractivity contribution in [3.8, 4) is 11.5 Å². The highest BCUT2D eigenvalue weighted by molar-refractivity contribution is 5.55. The van der Waals surface area contributed by atoms with Crippen LogP contribution >= 0.6 is 0 Å². The lowest BCUT2D eigenvalue weighted by atomic mass is 9.88. The third-order valence-electron chi connectivity index (χ3n) is 6.91. The molecule has 0 aliphatic carbocycles. The first kappa shape index (κ1) is 21.2. The smallest absolute Gasteiger partial charge is 0.138 e. The first-order valence-electron chi connectivity index (χ1n) is 10.9. The Bertz CT molecular complexity index is 904. The van der Waals surface area contributed by atoms with Crippen molar-refractivity contribution in [3.05, 3.63) is 58.1 Å². The van der Waals surface area contributed by atoms with Crippen molar-refractivity contribution < 1.29 is 9.47 Å². The maximum atomic E-state index is 6.74. The van der Waals surface area contributed by atoms with E-state index in [-0.39, 0.29) is 11.6 Å². The zero-order chi connectivity index (χ0) is 21.5. The Labute approximate surface area is 180 Å². The topological polar surface area (TPSA) is 51.0 Å². The largest absolute Gasteiger partial charge is 0.497 e. The van der Waals surface area contributed by atoms with E-state index in [0.717, 1.165) is 50.8 Å². The normalized spacial score (nSPS) is 24.5. The minimum Gasteiger partial charge on any atom is -0.497 e. The molecule has 2 aromatic carbocycles. The summed E-state index contributed by atoms with van der Waals surface area (Å²) in [5.41, 5.74) is 12.6. The van der Waals surface area contributed by atoms with Crippen molar-refractivity contribution in [2.24, 2.45) is 5.73 Å². The Kier molecular flexibility index (Phi) is 5.80. The van der Waals surface area contributed by atoms with Crippen LogP contribution in [0.1, 0.15) is 40.8 Å². The van der Waals surface area contributed by atoms with E-state index in [1.807, 2.05) is 12.1 Å². The Hall–Kier alpha value is -2.08. The summed E-state index contributed by atoms with van der Waals surface area (Å²) in [7, 11) is 1.71. The molecule has 0 spiro atoms. The van der Waals surface area contributed by atoms with Crippen LogP contribution in [0.15, 0.2) is 30.3 Å². The van der Waals surface area contributed by atoms with Gasteiger partial charge in [0.15, 0.2) is 0 Å². The van der Waals surface area contributed by atoms with Gasteiger partial charge in [-0.25, -0.2) is 0 Å². The van der Waals surface area contributed by atoms with Gasteiger partial charge in [0.2, 0.25) is 0 Å². The van der Waals surface area contributed by atoms with Crippen molar-refractivity contribution >= 4 is 0 Å². The zero-order valence-corrected chi connectivity index (χ0v) is 19.0. The standard InChI is InChI=1S/C25H35N3O2/c1-17-14-18(2)22-23(19(17)3)30-25(4,24(22)26)16-28-12-10-27(11-13-28)15-20-6-8-21(29-5)9-7-20/h6-9,14,24H,10-13,15-16,26H2,1-5H3. The molecule has 0 aromatic heterocycles. The summed E-state index contributed by atoms with van der Waals surface area (Å²) in [5.74, 6) is 1.92. The van der Waals surface area contributed by atoms with Crippen LogP contribution in [-0.2, 0) is 6.54 Å². The van der Waals surface area contributed by atoms with Gasteiger partial charge in [-0.2, -0.15) is 0 Å². The summed E-state index contributed by atoms with van der Waals surface area (Å²) in [5, 5.41) is 0. The predicted octanol–water partition coefficient (Wildman–Crippen LogP) is 3.59. The number of nitrogens with two attached hydrogens (primary N) is 1. The van der Waals surface area contributed by atoms with E-state index in [2.05, 4.69) is 55.7 Å². The molecule has 0 amide bonds. The molecule has 5 heteroatoms. The number of piperazine rings is 1. The van der Waals surface area contributed by atoms with Gasteiger partial charge in [0, 0.05) is 44.8 Å². The van der Waals surface area contributed by atoms with Crippen molar-refractivity contribution in [3.63, 3.8) is 0 Å². The fourth-order valence-corrected chi connectivity index (χ4v) is 4.86. The van der Waals surface area contributed by atoms with Crippen LogP contribution in [-0.4, -0.2) is 55.2 Å². The van der Waals surface area contributed by atoms with E-state index >= 15 is 0 Å². The molecule has 162 valence electrons. The Morgan fingerprint density at radius 2 is 1.67 bits per heavy atom. The van der Waals surface area contributed by atoms with Crippen molar-refractivity contribution in [1.29, 1.82) is 0 Å². The molecule has 5 nitrogen and oxygen atoms in total. The lowest BCUT2D eigenvalue weighted by molar-refractivity contribution is 0.0216. The van der Waals surface area contributed by atoms with Gasteiger partial charge in [0.1, 0.15) is 17.1 Å². The van der Waals surface area contributed by atoms with Gasteiger partial charge in [0.05, 0.1) is 13.2 Å². The average Bonchev–Trinajstić information content (AvgIpc) is 3.00. The molecule has 4 rings (SSSR count). The number of benzene rings is 2. The average molecular weight is 410 g/mol. The minimum absolute atomic E-state index is 0.0934. The third-order valence-corrected chi connectivity index (χ3v) is 6.91. The summed E-state index contributed by atoms with van der Waals surface area (Å²) in [6, 6.07) is 10.5. The molecule has 30 heavy (non-hydrogen) atoms. The Morgan fingerprint density at radius 1 is 1.03 bits per heavy atom. The monoisotopic (exact) mass is 409 g/mol. The van der Waals surface area contributed by atoms with Crippen LogP contribution in [0.4, 0.5) is 0 Å². The van der Waals surface area contributed by atoms with Crippen LogP contribution < -0.4 is 15.2 Å². The number of fused-ring (bicyclic) bond motifs is 1. The van der Waals surface area contributed by atoms with Gasteiger partial charge in [-0.15, -0.1) is 0 Å². The van der Waals surface area contributed by atoms with Crippen LogP contribution in [0, 0.1) is 20.8 Å². The summed E-state index contributed by atoms with van der Waals surface area (Å²) in [6.45, 7) is 14.6. The van der Waals surface area contributed by atoms with Crippen LogP contribution in [0.25, 0.3) is 0 Å². The molecule has 0 saturated carbocycles. The zero-order valence-electron chi connectivity index (χ0n) is 19.0. The number of hydrogen-bond acceptors (Lipinski definition) is 5. The lowest BCUT2D eigenvalue weighted by Crippen LogP contribution is -2.54. The van der Waals surface area contributed by atoms with Gasteiger partial charge >= 0.3 is 0 Å². The molecule has 1 saturated heterocycles. The molecule has 2 aliphatic rings. The fourth-order valence-electron chi connectivity index (χ4n) is 4.86. The van der Waals surface area contributed by atoms with Gasteiger partial charge < -0.3 is 15.2 Å². The van der Waals surface area contributed by atoms with Gasteiger partial charge in [-0.1, -0.05) is 18.2 Å². The number of nitrogens with zero attached hydrogens (tertiary/aromatic N) is 2. The number of aryl methyl sites for hydroxylation is 2. The second-order valence-corrected chi connectivity index (χ2v) is 9.17. The summed E-state index contributed by atoms with van der Waals surface area (Å²) in [6.07, 6.45) is 0. The maximum Gasteiger partial charge on any atom is 0.138 e. The van der Waals surface area contributed by atoms with Gasteiger partial charge in [-0.3, -0.25) is 9.80 Å². The third kappa shape index (κ3) is 3.94. The summed E-state index contributed by atoms with van der Waals surface area (Å²) < 4.78 is 11.8. The molecule has 2 aromatic rings. The predicted molar refractivity (Wildman–Crippen MR) is 121 cm³/mol. The van der Waals surface area contributed by atoms with Gasteiger partial charge in [-0.05, 0) is 62.1 Å². The molecule has 2 atom stereocenters. The molecular weight excluding hydrogens is 374 g/mol. The molecule has 0 radical (unpaired) electrons. The molecule has 2 aliphatic heterocycles. The Morgan fingerprint density at radius 3 is 2.30 bits per heavy atom. The highest BCUT2D eigenvalue weighted by atomic mass is 16.5. The molecule has 0 bridgehead atoms. The molecule has 2 N–H and O–H groups in total. The number of hydrogen-bond donors (Lipinski definition) is 1. The van der Waals surface area contributed by atoms with E-state index in [1.165, 1.54) is 27.8 Å².